The molecule has 1 heterocycles. The van der Waals surface area contributed by atoms with E-state index in [0.29, 0.717) is 17.1 Å². The Kier molecular flexibility index (Phi) is 5.39. The Hall–Kier alpha value is -1.63. The highest BCUT2D eigenvalue weighted by atomic mass is 35.5. The van der Waals surface area contributed by atoms with E-state index in [1.165, 1.54) is 11.3 Å². The second-order valence-electron chi connectivity index (χ2n) is 5.15. The Balaban J connectivity index is 1.88. The number of halogens is 1. The maximum absolute atomic E-state index is 11.8. The molecule has 1 unspecified atom stereocenters. The van der Waals surface area contributed by atoms with Crippen molar-refractivity contribution in [1.82, 2.24) is 15.6 Å². The minimum absolute atomic E-state index is 0.0598. The number of urea groups is 1. The van der Waals surface area contributed by atoms with E-state index in [1.807, 2.05) is 6.92 Å². The molecule has 7 heteroatoms. The number of carbonyl (C=O) groups excluding carboxylic acids is 1. The molecule has 0 fully saturated rings. The first-order valence-corrected chi connectivity index (χ1v) is 8.04. The highest BCUT2D eigenvalue weighted by Crippen LogP contribution is 2.27. The third-order valence-corrected chi connectivity index (χ3v) is 4.57. The first-order valence-electron chi connectivity index (χ1n) is 6.78. The molecule has 0 spiro atoms. The van der Waals surface area contributed by atoms with Crippen molar-refractivity contribution in [2.24, 2.45) is 0 Å². The summed E-state index contributed by atoms with van der Waals surface area (Å²) in [6.45, 7) is 3.98. The third-order valence-electron chi connectivity index (χ3n) is 3.30. The number of nitrogens with zero attached hydrogens (tertiary/aromatic N) is 1. The quantitative estimate of drug-likeness (QED) is 0.784. The van der Waals surface area contributed by atoms with Crippen molar-refractivity contribution in [3.63, 3.8) is 0 Å². The fourth-order valence-electron chi connectivity index (χ4n) is 1.96. The number of thiazole rings is 1. The maximum atomic E-state index is 11.8. The summed E-state index contributed by atoms with van der Waals surface area (Å²) in [6.07, 6.45) is 0. The molecule has 118 valence electrons. The lowest BCUT2D eigenvalue weighted by Crippen LogP contribution is -2.43. The summed E-state index contributed by atoms with van der Waals surface area (Å²) >= 11 is 7.57. The van der Waals surface area contributed by atoms with Crippen LogP contribution in [0, 0.1) is 6.92 Å². The topological polar surface area (TPSA) is 74.2 Å². The largest absolute Gasteiger partial charge is 0.384 e. The summed E-state index contributed by atoms with van der Waals surface area (Å²) in [5.41, 5.74) is 1.99. The molecule has 22 heavy (non-hydrogen) atoms. The number of amides is 2. The molecule has 0 saturated carbocycles. The lowest BCUT2D eigenvalue weighted by Gasteiger charge is -2.25. The van der Waals surface area contributed by atoms with Crippen LogP contribution in [0.4, 0.5) is 4.79 Å². The van der Waals surface area contributed by atoms with Crippen molar-refractivity contribution in [2.45, 2.75) is 26.0 Å². The standard InChI is InChI=1S/C15H18ClN3O2S/c1-10-13(22-9-19-10)7-17-14(20)18-8-15(2,21)11-5-3-4-6-12(11)16/h3-6,9,21H,7-8H2,1-2H3,(H2,17,18,20). The predicted molar refractivity (Wildman–Crippen MR) is 88.1 cm³/mol. The number of aliphatic hydroxyl groups is 1. The molecule has 0 aliphatic heterocycles. The number of hydrogen-bond donors (Lipinski definition) is 3. The van der Waals surface area contributed by atoms with E-state index in [0.717, 1.165) is 10.6 Å². The van der Waals surface area contributed by atoms with Gasteiger partial charge in [-0.25, -0.2) is 9.78 Å². The van der Waals surface area contributed by atoms with E-state index in [9.17, 15) is 9.90 Å². The van der Waals surface area contributed by atoms with E-state index in [4.69, 9.17) is 11.6 Å². The Morgan fingerprint density at radius 1 is 1.41 bits per heavy atom. The molecular formula is C15H18ClN3O2S. The summed E-state index contributed by atoms with van der Waals surface area (Å²) < 4.78 is 0. The molecule has 1 aromatic carbocycles. The fraction of sp³-hybridized carbons (Fsp3) is 0.333. The van der Waals surface area contributed by atoms with E-state index >= 15 is 0 Å². The molecule has 2 rings (SSSR count). The average molecular weight is 340 g/mol. The zero-order valence-electron chi connectivity index (χ0n) is 12.4. The highest BCUT2D eigenvalue weighted by Gasteiger charge is 2.26. The zero-order chi connectivity index (χ0) is 16.2. The zero-order valence-corrected chi connectivity index (χ0v) is 14.0. The van der Waals surface area contributed by atoms with Crippen LogP contribution in [0.3, 0.4) is 0 Å². The van der Waals surface area contributed by atoms with E-state index in [-0.39, 0.29) is 12.6 Å². The van der Waals surface area contributed by atoms with Gasteiger partial charge in [0.25, 0.3) is 0 Å². The van der Waals surface area contributed by atoms with Crippen LogP contribution in [-0.4, -0.2) is 22.7 Å². The molecule has 0 aliphatic rings. The number of nitrogens with one attached hydrogen (secondary N) is 2. The second-order valence-corrected chi connectivity index (χ2v) is 6.50. The predicted octanol–water partition coefficient (Wildman–Crippen LogP) is 2.81. The van der Waals surface area contributed by atoms with Crippen LogP contribution in [0.25, 0.3) is 0 Å². The van der Waals surface area contributed by atoms with Crippen LogP contribution in [-0.2, 0) is 12.1 Å². The molecule has 0 aliphatic carbocycles. The average Bonchev–Trinajstić information content (AvgIpc) is 2.89. The van der Waals surface area contributed by atoms with Crippen LogP contribution in [0.1, 0.15) is 23.1 Å². The molecule has 5 nitrogen and oxygen atoms in total. The fourth-order valence-corrected chi connectivity index (χ4v) is 3.02. The van der Waals surface area contributed by atoms with Gasteiger partial charge in [-0.3, -0.25) is 0 Å². The normalized spacial score (nSPS) is 13.5. The molecule has 3 N–H and O–H groups in total. The number of carbonyl (C=O) groups is 1. The monoisotopic (exact) mass is 339 g/mol. The summed E-state index contributed by atoms with van der Waals surface area (Å²) in [5, 5.41) is 16.3. The number of aromatic nitrogens is 1. The number of rotatable bonds is 5. The SMILES string of the molecule is Cc1ncsc1CNC(=O)NCC(C)(O)c1ccccc1Cl. The van der Waals surface area contributed by atoms with E-state index in [2.05, 4.69) is 15.6 Å². The van der Waals surface area contributed by atoms with Crippen LogP contribution in [0.5, 0.6) is 0 Å². The number of aryl methyl sites for hydroxylation is 1. The molecular weight excluding hydrogens is 322 g/mol. The molecule has 1 aromatic heterocycles. The minimum Gasteiger partial charge on any atom is -0.384 e. The number of benzene rings is 1. The minimum atomic E-state index is -1.24. The van der Waals surface area contributed by atoms with Crippen molar-refractivity contribution in [3.05, 3.63) is 50.9 Å². The van der Waals surface area contributed by atoms with Gasteiger partial charge in [0.15, 0.2) is 0 Å². The van der Waals surface area contributed by atoms with Gasteiger partial charge >= 0.3 is 6.03 Å². The van der Waals surface area contributed by atoms with Crippen LogP contribution in [0.2, 0.25) is 5.02 Å². The van der Waals surface area contributed by atoms with E-state index in [1.54, 1.807) is 36.7 Å². The summed E-state index contributed by atoms with van der Waals surface area (Å²) in [6, 6.07) is 6.68. The summed E-state index contributed by atoms with van der Waals surface area (Å²) in [4.78, 5) is 17.0. The van der Waals surface area contributed by atoms with Crippen molar-refractivity contribution in [1.29, 1.82) is 0 Å². The van der Waals surface area contributed by atoms with Gasteiger partial charge in [0.2, 0.25) is 0 Å². The van der Waals surface area contributed by atoms with Gasteiger partial charge in [0.1, 0.15) is 5.60 Å². The number of hydrogen-bond acceptors (Lipinski definition) is 4. The first kappa shape index (κ1) is 16.7. The maximum Gasteiger partial charge on any atom is 0.315 e. The highest BCUT2D eigenvalue weighted by molar-refractivity contribution is 7.09. The van der Waals surface area contributed by atoms with Gasteiger partial charge in [-0.15, -0.1) is 11.3 Å². The first-order chi connectivity index (χ1) is 10.4. The third kappa shape index (κ3) is 4.19. The van der Waals surface area contributed by atoms with Gasteiger partial charge in [0, 0.05) is 15.5 Å². The van der Waals surface area contributed by atoms with E-state index < -0.39 is 5.60 Å². The lowest BCUT2D eigenvalue weighted by molar-refractivity contribution is 0.0595. The van der Waals surface area contributed by atoms with Crippen molar-refractivity contribution < 1.29 is 9.90 Å². The van der Waals surface area contributed by atoms with Crippen molar-refractivity contribution >= 4 is 29.0 Å². The van der Waals surface area contributed by atoms with Gasteiger partial charge in [-0.05, 0) is 19.9 Å². The van der Waals surface area contributed by atoms with Crippen molar-refractivity contribution in [3.8, 4) is 0 Å². The van der Waals surface area contributed by atoms with Crippen molar-refractivity contribution in [2.75, 3.05) is 6.54 Å². The van der Waals surface area contributed by atoms with Crippen LogP contribution in [0.15, 0.2) is 29.8 Å². The molecule has 0 radical (unpaired) electrons. The summed E-state index contributed by atoms with van der Waals surface area (Å²) in [5.74, 6) is 0. The molecule has 2 amide bonds. The van der Waals surface area contributed by atoms with Gasteiger partial charge in [-0.1, -0.05) is 29.8 Å². The summed E-state index contributed by atoms with van der Waals surface area (Å²) in [7, 11) is 0. The molecule has 0 bridgehead atoms. The lowest BCUT2D eigenvalue weighted by atomic mass is 9.96. The second kappa shape index (κ2) is 7.09. The Bertz CT molecular complexity index is 658. The van der Waals surface area contributed by atoms with Crippen LogP contribution < -0.4 is 10.6 Å². The van der Waals surface area contributed by atoms with Crippen LogP contribution >= 0.6 is 22.9 Å². The molecule has 2 aromatic rings. The van der Waals surface area contributed by atoms with Gasteiger partial charge in [-0.2, -0.15) is 0 Å². The van der Waals surface area contributed by atoms with Gasteiger partial charge in [0.05, 0.1) is 24.3 Å². The smallest absolute Gasteiger partial charge is 0.315 e. The Morgan fingerprint density at radius 3 is 2.77 bits per heavy atom. The molecule has 0 saturated heterocycles. The molecule has 1 atom stereocenters. The Morgan fingerprint density at radius 2 is 2.14 bits per heavy atom. The van der Waals surface area contributed by atoms with Gasteiger partial charge < -0.3 is 15.7 Å². The Labute approximate surface area is 138 Å².